The van der Waals surface area contributed by atoms with Crippen LogP contribution in [0, 0.1) is 5.92 Å². The normalized spacial score (nSPS) is 24.4. The third kappa shape index (κ3) is 4.66. The van der Waals surface area contributed by atoms with E-state index in [1.165, 1.54) is 19.3 Å². The van der Waals surface area contributed by atoms with Gasteiger partial charge in [-0.1, -0.05) is 13.3 Å². The van der Waals surface area contributed by atoms with Crippen molar-refractivity contribution in [2.75, 3.05) is 13.1 Å². The molecule has 1 fully saturated rings. The largest absolute Gasteiger partial charge is 0.459 e. The summed E-state index contributed by atoms with van der Waals surface area (Å²) in [4.78, 5) is 14.3. The summed E-state index contributed by atoms with van der Waals surface area (Å²) >= 11 is 0. The van der Waals surface area contributed by atoms with Crippen molar-refractivity contribution in [1.29, 1.82) is 0 Å². The molecule has 1 saturated heterocycles. The smallest absolute Gasteiger partial charge is 0.323 e. The Morgan fingerprint density at radius 1 is 1.47 bits per heavy atom. The van der Waals surface area contributed by atoms with Crippen LogP contribution in [0.4, 0.5) is 0 Å². The minimum atomic E-state index is -0.384. The Labute approximate surface area is 106 Å². The van der Waals surface area contributed by atoms with Crippen molar-refractivity contribution in [2.45, 2.75) is 65.5 Å². The van der Waals surface area contributed by atoms with Gasteiger partial charge >= 0.3 is 5.97 Å². The molecule has 3 heteroatoms. The summed E-state index contributed by atoms with van der Waals surface area (Å²) in [6.45, 7) is 12.0. The maximum Gasteiger partial charge on any atom is 0.323 e. The van der Waals surface area contributed by atoms with E-state index in [4.69, 9.17) is 4.74 Å². The van der Waals surface area contributed by atoms with Gasteiger partial charge in [-0.25, -0.2) is 0 Å². The molecule has 0 aromatic heterocycles. The van der Waals surface area contributed by atoms with Gasteiger partial charge in [-0.3, -0.25) is 9.69 Å². The summed E-state index contributed by atoms with van der Waals surface area (Å²) < 4.78 is 5.44. The third-order valence-corrected chi connectivity index (χ3v) is 3.42. The maximum absolute atomic E-state index is 12.0. The minimum Gasteiger partial charge on any atom is -0.459 e. The fourth-order valence-electron chi connectivity index (χ4n) is 2.32. The van der Waals surface area contributed by atoms with E-state index in [1.807, 2.05) is 27.7 Å². The molecule has 17 heavy (non-hydrogen) atoms. The van der Waals surface area contributed by atoms with Gasteiger partial charge < -0.3 is 4.74 Å². The molecule has 3 nitrogen and oxygen atoms in total. The number of piperidine rings is 1. The number of carbonyl (C=O) groups is 1. The first-order chi connectivity index (χ1) is 7.83. The molecule has 0 bridgehead atoms. The minimum absolute atomic E-state index is 0.0887. The Morgan fingerprint density at radius 2 is 2.12 bits per heavy atom. The molecule has 0 aliphatic carbocycles. The SMILES string of the molecule is CCC1CCCN(C(C)C(=O)OC(C)(C)C)C1. The van der Waals surface area contributed by atoms with E-state index in [0.29, 0.717) is 0 Å². The van der Waals surface area contributed by atoms with Gasteiger partial charge in [0.2, 0.25) is 0 Å². The fourth-order valence-corrected chi connectivity index (χ4v) is 2.32. The van der Waals surface area contributed by atoms with Crippen molar-refractivity contribution < 1.29 is 9.53 Å². The van der Waals surface area contributed by atoms with E-state index in [-0.39, 0.29) is 17.6 Å². The predicted octanol–water partition coefficient (Wildman–Crippen LogP) is 2.84. The molecular weight excluding hydrogens is 214 g/mol. The van der Waals surface area contributed by atoms with Crippen molar-refractivity contribution in [3.63, 3.8) is 0 Å². The molecule has 1 aliphatic heterocycles. The number of hydrogen-bond donors (Lipinski definition) is 0. The van der Waals surface area contributed by atoms with Crippen LogP contribution in [0.3, 0.4) is 0 Å². The van der Waals surface area contributed by atoms with Gasteiger partial charge in [0.25, 0.3) is 0 Å². The van der Waals surface area contributed by atoms with E-state index in [9.17, 15) is 4.79 Å². The average molecular weight is 241 g/mol. The molecule has 0 saturated carbocycles. The number of ether oxygens (including phenoxy) is 1. The number of esters is 1. The lowest BCUT2D eigenvalue weighted by molar-refractivity contribution is -0.161. The first kappa shape index (κ1) is 14.5. The topological polar surface area (TPSA) is 29.5 Å². The molecule has 0 spiro atoms. The molecule has 0 radical (unpaired) electrons. The molecule has 0 N–H and O–H groups in total. The summed E-state index contributed by atoms with van der Waals surface area (Å²) in [7, 11) is 0. The van der Waals surface area contributed by atoms with E-state index in [2.05, 4.69) is 11.8 Å². The quantitative estimate of drug-likeness (QED) is 0.712. The number of nitrogens with zero attached hydrogens (tertiary/aromatic N) is 1. The summed E-state index contributed by atoms with van der Waals surface area (Å²) in [5, 5.41) is 0. The van der Waals surface area contributed by atoms with Gasteiger partial charge in [-0.05, 0) is 53.0 Å². The molecular formula is C14H27NO2. The Hall–Kier alpha value is -0.570. The zero-order valence-corrected chi connectivity index (χ0v) is 12.0. The fraction of sp³-hybridized carbons (Fsp3) is 0.929. The van der Waals surface area contributed by atoms with Crippen molar-refractivity contribution >= 4 is 5.97 Å². The van der Waals surface area contributed by atoms with Crippen LogP contribution in [-0.2, 0) is 9.53 Å². The van der Waals surface area contributed by atoms with E-state index < -0.39 is 0 Å². The second kappa shape index (κ2) is 5.85. The molecule has 1 heterocycles. The second-order valence-corrected chi connectivity index (χ2v) is 6.12. The number of likely N-dealkylation sites (tertiary alicyclic amines) is 1. The second-order valence-electron chi connectivity index (χ2n) is 6.12. The summed E-state index contributed by atoms with van der Waals surface area (Å²) in [6, 6.07) is -0.108. The Bertz CT molecular complexity index is 257. The first-order valence-electron chi connectivity index (χ1n) is 6.80. The highest BCUT2D eigenvalue weighted by molar-refractivity contribution is 5.75. The van der Waals surface area contributed by atoms with E-state index >= 15 is 0 Å². The molecule has 0 aromatic rings. The highest BCUT2D eigenvalue weighted by Crippen LogP contribution is 2.22. The molecule has 100 valence electrons. The summed E-state index contributed by atoms with van der Waals surface area (Å²) in [5.74, 6) is 0.655. The first-order valence-corrected chi connectivity index (χ1v) is 6.80. The van der Waals surface area contributed by atoms with Crippen molar-refractivity contribution in [3.05, 3.63) is 0 Å². The molecule has 2 atom stereocenters. The number of rotatable bonds is 3. The van der Waals surface area contributed by atoms with Crippen LogP contribution < -0.4 is 0 Å². The van der Waals surface area contributed by atoms with Crippen molar-refractivity contribution in [3.8, 4) is 0 Å². The molecule has 0 aromatic carbocycles. The van der Waals surface area contributed by atoms with Crippen LogP contribution in [0.5, 0.6) is 0 Å². The Balaban J connectivity index is 2.51. The van der Waals surface area contributed by atoms with Gasteiger partial charge in [0.1, 0.15) is 11.6 Å². The van der Waals surface area contributed by atoms with E-state index in [1.54, 1.807) is 0 Å². The average Bonchev–Trinajstić information content (AvgIpc) is 2.26. The van der Waals surface area contributed by atoms with E-state index in [0.717, 1.165) is 19.0 Å². The monoisotopic (exact) mass is 241 g/mol. The number of hydrogen-bond acceptors (Lipinski definition) is 3. The highest BCUT2D eigenvalue weighted by Gasteiger charge is 2.29. The van der Waals surface area contributed by atoms with Crippen LogP contribution in [0.1, 0.15) is 53.9 Å². The zero-order valence-electron chi connectivity index (χ0n) is 12.0. The summed E-state index contributed by atoms with van der Waals surface area (Å²) in [5.41, 5.74) is -0.384. The standard InChI is InChI=1S/C14H27NO2/c1-6-12-8-7-9-15(10-12)11(2)13(16)17-14(3,4)5/h11-12H,6-10H2,1-5H3. The Kier molecular flexibility index (Phi) is 4.99. The Morgan fingerprint density at radius 3 is 2.65 bits per heavy atom. The van der Waals surface area contributed by atoms with Crippen LogP contribution >= 0.6 is 0 Å². The number of carbonyl (C=O) groups excluding carboxylic acids is 1. The predicted molar refractivity (Wildman–Crippen MR) is 69.9 cm³/mol. The van der Waals surface area contributed by atoms with Crippen molar-refractivity contribution in [2.24, 2.45) is 5.92 Å². The van der Waals surface area contributed by atoms with Crippen LogP contribution in [0.15, 0.2) is 0 Å². The lowest BCUT2D eigenvalue weighted by atomic mass is 9.94. The van der Waals surface area contributed by atoms with Gasteiger partial charge in [-0.2, -0.15) is 0 Å². The van der Waals surface area contributed by atoms with Gasteiger partial charge in [0.15, 0.2) is 0 Å². The maximum atomic E-state index is 12.0. The third-order valence-electron chi connectivity index (χ3n) is 3.42. The lowest BCUT2D eigenvalue weighted by Crippen LogP contribution is -2.47. The lowest BCUT2D eigenvalue weighted by Gasteiger charge is -2.36. The van der Waals surface area contributed by atoms with Crippen LogP contribution in [0.2, 0.25) is 0 Å². The molecule has 1 aliphatic rings. The van der Waals surface area contributed by atoms with Gasteiger partial charge in [-0.15, -0.1) is 0 Å². The molecule has 1 rings (SSSR count). The van der Waals surface area contributed by atoms with Crippen LogP contribution in [-0.4, -0.2) is 35.6 Å². The molecule has 2 unspecified atom stereocenters. The zero-order chi connectivity index (χ0) is 13.1. The highest BCUT2D eigenvalue weighted by atomic mass is 16.6. The van der Waals surface area contributed by atoms with Crippen molar-refractivity contribution in [1.82, 2.24) is 4.90 Å². The van der Waals surface area contributed by atoms with Crippen LogP contribution in [0.25, 0.3) is 0 Å². The molecule has 0 amide bonds. The van der Waals surface area contributed by atoms with Gasteiger partial charge in [0, 0.05) is 6.54 Å². The summed E-state index contributed by atoms with van der Waals surface area (Å²) in [6.07, 6.45) is 3.71. The van der Waals surface area contributed by atoms with Gasteiger partial charge in [0.05, 0.1) is 0 Å².